The molecule has 6 heteroatoms. The van der Waals surface area contributed by atoms with Crippen molar-refractivity contribution in [2.24, 2.45) is 23.2 Å². The third-order valence-corrected chi connectivity index (χ3v) is 7.95. The summed E-state index contributed by atoms with van der Waals surface area (Å²) < 4.78 is 13.7. The molecule has 0 unspecified atom stereocenters. The molecule has 4 aliphatic carbocycles. The highest BCUT2D eigenvalue weighted by molar-refractivity contribution is 5.90. The number of nitrogens with zero attached hydrogens (tertiary/aromatic N) is 2. The smallest absolute Gasteiger partial charge is 0.228 e. The molecule has 0 radical (unpaired) electrons. The van der Waals surface area contributed by atoms with Crippen LogP contribution in [0.3, 0.4) is 0 Å². The van der Waals surface area contributed by atoms with Crippen LogP contribution in [0.5, 0.6) is 0 Å². The van der Waals surface area contributed by atoms with Gasteiger partial charge in [0.05, 0.1) is 11.1 Å². The number of carbonyl (C=O) groups is 2. The zero-order valence-corrected chi connectivity index (χ0v) is 17.6. The molecule has 1 aromatic rings. The van der Waals surface area contributed by atoms with Crippen molar-refractivity contribution in [1.82, 2.24) is 9.80 Å². The standard InChI is InChI=1S/C24H32FN3O2/c25-20-3-1-2-4-21(20)26-22(29)5-6-27-7-9-28(10-8-27)23(30)24-14-17-11-18(15-24)13-19(12-17)16-24/h1-4,17-19H,5-16H2,(H,26,29). The van der Waals surface area contributed by atoms with E-state index < -0.39 is 5.82 Å². The number of amides is 2. The first kappa shape index (κ1) is 20.0. The summed E-state index contributed by atoms with van der Waals surface area (Å²) >= 11 is 0. The lowest BCUT2D eigenvalue weighted by atomic mass is 9.49. The van der Waals surface area contributed by atoms with Crippen molar-refractivity contribution < 1.29 is 14.0 Å². The maximum absolute atomic E-state index is 13.7. The largest absolute Gasteiger partial charge is 0.340 e. The van der Waals surface area contributed by atoms with E-state index in [0.29, 0.717) is 18.9 Å². The van der Waals surface area contributed by atoms with Gasteiger partial charge in [-0.1, -0.05) is 12.1 Å². The minimum Gasteiger partial charge on any atom is -0.340 e. The third-order valence-electron chi connectivity index (χ3n) is 7.95. The van der Waals surface area contributed by atoms with E-state index in [4.69, 9.17) is 0 Å². The molecule has 4 bridgehead atoms. The summed E-state index contributed by atoms with van der Waals surface area (Å²) in [6.07, 6.45) is 7.76. The summed E-state index contributed by atoms with van der Waals surface area (Å²) in [4.78, 5) is 30.0. The molecular formula is C24H32FN3O2. The molecule has 6 rings (SSSR count). The van der Waals surface area contributed by atoms with Gasteiger partial charge in [0.1, 0.15) is 5.82 Å². The second kappa shape index (κ2) is 7.95. The molecule has 1 aromatic carbocycles. The molecule has 1 aliphatic heterocycles. The van der Waals surface area contributed by atoms with Crippen LogP contribution in [0.25, 0.3) is 0 Å². The Kier molecular flexibility index (Phi) is 5.30. The first-order chi connectivity index (χ1) is 14.5. The monoisotopic (exact) mass is 413 g/mol. The van der Waals surface area contributed by atoms with Gasteiger partial charge in [0.15, 0.2) is 0 Å². The Morgan fingerprint density at radius 2 is 1.57 bits per heavy atom. The predicted octanol–water partition coefficient (Wildman–Crippen LogP) is 3.51. The Morgan fingerprint density at radius 1 is 0.967 bits per heavy atom. The average molecular weight is 414 g/mol. The molecule has 1 N–H and O–H groups in total. The van der Waals surface area contributed by atoms with E-state index in [-0.39, 0.29) is 17.0 Å². The van der Waals surface area contributed by atoms with E-state index in [2.05, 4.69) is 15.1 Å². The van der Waals surface area contributed by atoms with Crippen molar-refractivity contribution in [3.63, 3.8) is 0 Å². The fourth-order valence-corrected chi connectivity index (χ4v) is 6.92. The van der Waals surface area contributed by atoms with Gasteiger partial charge >= 0.3 is 0 Å². The zero-order chi connectivity index (χ0) is 20.7. The molecule has 5 fully saturated rings. The van der Waals surface area contributed by atoms with Gasteiger partial charge in [-0.05, 0) is 68.4 Å². The lowest BCUT2D eigenvalue weighted by molar-refractivity contribution is -0.159. The van der Waals surface area contributed by atoms with Gasteiger partial charge in [-0.15, -0.1) is 0 Å². The Morgan fingerprint density at radius 3 is 2.17 bits per heavy atom. The van der Waals surface area contributed by atoms with E-state index in [1.807, 2.05) is 0 Å². The normalized spacial score (nSPS) is 33.0. The number of hydrogen-bond donors (Lipinski definition) is 1. The summed E-state index contributed by atoms with van der Waals surface area (Å²) in [6.45, 7) is 3.78. The number of para-hydroxylation sites is 1. The van der Waals surface area contributed by atoms with Crippen LogP contribution in [0.1, 0.15) is 44.9 Å². The quantitative estimate of drug-likeness (QED) is 0.804. The molecule has 0 spiro atoms. The molecule has 0 atom stereocenters. The summed E-state index contributed by atoms with van der Waals surface area (Å²) in [5.74, 6) is 2.19. The minimum atomic E-state index is -0.414. The molecule has 5 aliphatic rings. The topological polar surface area (TPSA) is 52.7 Å². The fraction of sp³-hybridized carbons (Fsp3) is 0.667. The molecule has 30 heavy (non-hydrogen) atoms. The number of halogens is 1. The first-order valence-corrected chi connectivity index (χ1v) is 11.6. The predicted molar refractivity (Wildman–Crippen MR) is 113 cm³/mol. The molecule has 0 aromatic heterocycles. The van der Waals surface area contributed by atoms with Crippen LogP contribution in [-0.2, 0) is 9.59 Å². The highest BCUT2D eigenvalue weighted by Gasteiger charge is 2.55. The van der Waals surface area contributed by atoms with E-state index in [1.54, 1.807) is 18.2 Å². The number of hydrogen-bond acceptors (Lipinski definition) is 3. The van der Waals surface area contributed by atoms with Gasteiger partial charge in [-0.25, -0.2) is 4.39 Å². The van der Waals surface area contributed by atoms with Crippen LogP contribution in [0.2, 0.25) is 0 Å². The van der Waals surface area contributed by atoms with Gasteiger partial charge < -0.3 is 10.2 Å². The lowest BCUT2D eigenvalue weighted by Crippen LogP contribution is -2.58. The Labute approximate surface area is 178 Å². The van der Waals surface area contributed by atoms with Gasteiger partial charge in [-0.2, -0.15) is 0 Å². The molecule has 2 amide bonds. The second-order valence-electron chi connectivity index (χ2n) is 10.1. The lowest BCUT2D eigenvalue weighted by Gasteiger charge is -2.57. The molecule has 162 valence electrons. The Balaban J connectivity index is 1.10. The van der Waals surface area contributed by atoms with Gasteiger partial charge in [0, 0.05) is 39.1 Å². The van der Waals surface area contributed by atoms with Crippen LogP contribution < -0.4 is 5.32 Å². The van der Waals surface area contributed by atoms with E-state index in [9.17, 15) is 14.0 Å². The number of anilines is 1. The summed E-state index contributed by atoms with van der Waals surface area (Å²) in [7, 11) is 0. The number of piperazine rings is 1. The molecule has 5 nitrogen and oxygen atoms in total. The van der Waals surface area contributed by atoms with Crippen molar-refractivity contribution in [3.05, 3.63) is 30.1 Å². The minimum absolute atomic E-state index is 0.0590. The number of benzene rings is 1. The van der Waals surface area contributed by atoms with Crippen molar-refractivity contribution in [2.45, 2.75) is 44.9 Å². The number of nitrogens with one attached hydrogen (secondary N) is 1. The van der Waals surface area contributed by atoms with Crippen LogP contribution in [-0.4, -0.2) is 54.3 Å². The number of carbonyl (C=O) groups excluding carboxylic acids is 2. The molecule has 4 saturated carbocycles. The van der Waals surface area contributed by atoms with Crippen LogP contribution >= 0.6 is 0 Å². The van der Waals surface area contributed by atoms with Crippen LogP contribution in [0.4, 0.5) is 10.1 Å². The number of rotatable bonds is 5. The van der Waals surface area contributed by atoms with Crippen LogP contribution in [0, 0.1) is 29.0 Å². The van der Waals surface area contributed by atoms with Crippen molar-refractivity contribution in [2.75, 3.05) is 38.0 Å². The summed E-state index contributed by atoms with van der Waals surface area (Å²) in [5.41, 5.74) is 0.171. The van der Waals surface area contributed by atoms with E-state index in [1.165, 1.54) is 25.3 Å². The highest BCUT2D eigenvalue weighted by atomic mass is 19.1. The van der Waals surface area contributed by atoms with Crippen molar-refractivity contribution >= 4 is 17.5 Å². The molecular weight excluding hydrogens is 381 g/mol. The summed E-state index contributed by atoms with van der Waals surface area (Å²) in [5, 5.41) is 2.65. The van der Waals surface area contributed by atoms with Crippen molar-refractivity contribution in [1.29, 1.82) is 0 Å². The fourth-order valence-electron chi connectivity index (χ4n) is 6.92. The third kappa shape index (κ3) is 3.86. The molecule has 1 saturated heterocycles. The second-order valence-corrected chi connectivity index (χ2v) is 10.1. The van der Waals surface area contributed by atoms with Gasteiger partial charge in [0.25, 0.3) is 0 Å². The van der Waals surface area contributed by atoms with Gasteiger partial charge in [-0.3, -0.25) is 14.5 Å². The van der Waals surface area contributed by atoms with Crippen LogP contribution in [0.15, 0.2) is 24.3 Å². The van der Waals surface area contributed by atoms with Crippen molar-refractivity contribution in [3.8, 4) is 0 Å². The maximum atomic E-state index is 13.7. The van der Waals surface area contributed by atoms with Gasteiger partial charge in [0.2, 0.25) is 11.8 Å². The van der Waals surface area contributed by atoms with E-state index in [0.717, 1.165) is 63.2 Å². The zero-order valence-electron chi connectivity index (χ0n) is 17.6. The SMILES string of the molecule is O=C(CCN1CCN(C(=O)C23CC4CC(CC(C4)C2)C3)CC1)Nc1ccccc1F. The first-order valence-electron chi connectivity index (χ1n) is 11.6. The highest BCUT2D eigenvalue weighted by Crippen LogP contribution is 2.60. The molecule has 1 heterocycles. The average Bonchev–Trinajstić information content (AvgIpc) is 2.73. The Hall–Kier alpha value is -1.95. The summed E-state index contributed by atoms with van der Waals surface area (Å²) in [6, 6.07) is 6.23. The Bertz CT molecular complexity index is 783. The maximum Gasteiger partial charge on any atom is 0.228 e. The van der Waals surface area contributed by atoms with E-state index >= 15 is 0 Å².